The highest BCUT2D eigenvalue weighted by Gasteiger charge is 2.54. The van der Waals surface area contributed by atoms with E-state index in [0.717, 1.165) is 19.1 Å². The van der Waals surface area contributed by atoms with Crippen LogP contribution in [0, 0.1) is 0 Å². The number of halogens is 2. The Morgan fingerprint density at radius 3 is 2.17 bits per heavy atom. The van der Waals surface area contributed by atoms with Crippen molar-refractivity contribution < 1.29 is 23.8 Å². The Morgan fingerprint density at radius 1 is 1.50 bits per heavy atom. The molecule has 0 aromatic rings. The van der Waals surface area contributed by atoms with Crippen molar-refractivity contribution in [3.8, 4) is 0 Å². The van der Waals surface area contributed by atoms with E-state index in [0.29, 0.717) is 0 Å². The van der Waals surface area contributed by atoms with Gasteiger partial charge in [0.15, 0.2) is 5.60 Å². The third-order valence-electron chi connectivity index (χ3n) is 1.40. The fourth-order valence-electron chi connectivity index (χ4n) is 0.646. The van der Waals surface area contributed by atoms with Crippen LogP contribution in [0.1, 0.15) is 13.8 Å². The summed E-state index contributed by atoms with van der Waals surface area (Å²) in [6, 6.07) is 0. The molecule has 0 saturated heterocycles. The summed E-state index contributed by atoms with van der Waals surface area (Å²) in [6.45, 7) is 2.15. The Morgan fingerprint density at radius 2 is 1.92 bits per heavy atom. The summed E-state index contributed by atoms with van der Waals surface area (Å²) < 4.78 is 25.2. The van der Waals surface area contributed by atoms with Gasteiger partial charge in [-0.1, -0.05) is 12.2 Å². The van der Waals surface area contributed by atoms with Gasteiger partial charge in [0.1, 0.15) is 0 Å². The van der Waals surface area contributed by atoms with Gasteiger partial charge in [0.25, 0.3) is 0 Å². The molecule has 0 rings (SSSR count). The summed E-state index contributed by atoms with van der Waals surface area (Å²) in [6.07, 6.45) is 1.90. The van der Waals surface area contributed by atoms with Gasteiger partial charge in [-0.05, 0) is 13.8 Å². The number of alkyl halides is 2. The monoisotopic (exact) mass is 180 g/mol. The normalized spacial score (nSPS) is 17.8. The number of hydrogen-bond acceptors (Lipinski definition) is 2. The minimum atomic E-state index is -4.17. The molecule has 0 aliphatic rings. The summed E-state index contributed by atoms with van der Waals surface area (Å²) in [4.78, 5) is 10.00. The van der Waals surface area contributed by atoms with Crippen LogP contribution in [-0.2, 0) is 4.79 Å². The zero-order valence-corrected chi connectivity index (χ0v) is 6.71. The lowest BCUT2D eigenvalue weighted by molar-refractivity contribution is -0.193. The minimum Gasteiger partial charge on any atom is -0.477 e. The number of carboxylic acid groups (broad SMARTS) is 1. The molecule has 1 unspecified atom stereocenters. The van der Waals surface area contributed by atoms with E-state index in [9.17, 15) is 13.6 Å². The second kappa shape index (κ2) is 3.18. The molecule has 0 spiro atoms. The second-order valence-electron chi connectivity index (χ2n) is 2.53. The molecule has 0 saturated carbocycles. The van der Waals surface area contributed by atoms with Crippen molar-refractivity contribution in [1.29, 1.82) is 0 Å². The molecule has 0 aromatic heterocycles. The molecule has 0 aromatic carbocycles. The lowest BCUT2D eigenvalue weighted by Crippen LogP contribution is -2.49. The molecule has 0 radical (unpaired) electrons. The van der Waals surface area contributed by atoms with Crippen LogP contribution in [0.5, 0.6) is 0 Å². The Kier molecular flexibility index (Phi) is 2.93. The molecular weight excluding hydrogens is 170 g/mol. The molecule has 0 aliphatic carbocycles. The summed E-state index contributed by atoms with van der Waals surface area (Å²) in [5.74, 6) is -6.51. The molecule has 0 heterocycles. The van der Waals surface area contributed by atoms with E-state index < -0.39 is 17.5 Å². The molecule has 0 fully saturated rings. The van der Waals surface area contributed by atoms with Gasteiger partial charge in [-0.3, -0.25) is 0 Å². The van der Waals surface area contributed by atoms with E-state index in [1.54, 1.807) is 0 Å². The maximum Gasteiger partial charge on any atom is 0.378 e. The highest BCUT2D eigenvalue weighted by Crippen LogP contribution is 2.29. The lowest BCUT2D eigenvalue weighted by atomic mass is 9.98. The Hall–Kier alpha value is -0.970. The zero-order valence-electron chi connectivity index (χ0n) is 6.71. The molecule has 5 heteroatoms. The standard InChI is InChI=1S/C7H10F2O3/c1-3-4-6(2,12)7(8,9)5(10)11/h3-4,12H,1-2H3,(H,10,11). The molecule has 3 nitrogen and oxygen atoms in total. The van der Waals surface area contributed by atoms with E-state index in [4.69, 9.17) is 10.2 Å². The fourth-order valence-corrected chi connectivity index (χ4v) is 0.646. The topological polar surface area (TPSA) is 57.5 Å². The molecular formula is C7H10F2O3. The quantitative estimate of drug-likeness (QED) is 0.638. The smallest absolute Gasteiger partial charge is 0.378 e. The first-order valence-corrected chi connectivity index (χ1v) is 3.23. The van der Waals surface area contributed by atoms with Gasteiger partial charge in [0.2, 0.25) is 0 Å². The van der Waals surface area contributed by atoms with Crippen molar-refractivity contribution in [2.24, 2.45) is 0 Å². The number of carbonyl (C=O) groups is 1. The van der Waals surface area contributed by atoms with Gasteiger partial charge < -0.3 is 10.2 Å². The number of aliphatic carboxylic acids is 1. The number of rotatable bonds is 3. The third kappa shape index (κ3) is 1.79. The Bertz CT molecular complexity index is 209. The fraction of sp³-hybridized carbons (Fsp3) is 0.571. The Labute approximate surface area is 68.3 Å². The van der Waals surface area contributed by atoms with E-state index in [-0.39, 0.29) is 0 Å². The first kappa shape index (κ1) is 11.0. The minimum absolute atomic E-state index is 0.737. The van der Waals surface area contributed by atoms with Crippen LogP contribution in [0.4, 0.5) is 8.78 Å². The highest BCUT2D eigenvalue weighted by molar-refractivity contribution is 5.77. The first-order valence-electron chi connectivity index (χ1n) is 3.23. The summed E-state index contributed by atoms with van der Waals surface area (Å²) >= 11 is 0. The molecule has 0 amide bonds. The van der Waals surface area contributed by atoms with Crippen molar-refractivity contribution in [2.45, 2.75) is 25.4 Å². The van der Waals surface area contributed by atoms with Crippen molar-refractivity contribution in [2.75, 3.05) is 0 Å². The van der Waals surface area contributed by atoms with E-state index >= 15 is 0 Å². The van der Waals surface area contributed by atoms with E-state index in [1.165, 1.54) is 6.92 Å². The molecule has 0 bridgehead atoms. The van der Waals surface area contributed by atoms with Crippen molar-refractivity contribution in [1.82, 2.24) is 0 Å². The maximum absolute atomic E-state index is 12.6. The largest absolute Gasteiger partial charge is 0.477 e. The van der Waals surface area contributed by atoms with Gasteiger partial charge in [-0.15, -0.1) is 0 Å². The molecule has 2 N–H and O–H groups in total. The second-order valence-corrected chi connectivity index (χ2v) is 2.53. The number of hydrogen-bond donors (Lipinski definition) is 2. The van der Waals surface area contributed by atoms with E-state index in [1.807, 2.05) is 0 Å². The van der Waals surface area contributed by atoms with Gasteiger partial charge in [0.05, 0.1) is 0 Å². The van der Waals surface area contributed by atoms with Crippen LogP contribution in [0.25, 0.3) is 0 Å². The van der Waals surface area contributed by atoms with Gasteiger partial charge in [-0.2, -0.15) is 8.78 Å². The summed E-state index contributed by atoms with van der Waals surface area (Å²) in [7, 11) is 0. The maximum atomic E-state index is 12.6. The predicted molar refractivity (Wildman–Crippen MR) is 38.0 cm³/mol. The van der Waals surface area contributed by atoms with Crippen LogP contribution in [0.3, 0.4) is 0 Å². The average Bonchev–Trinajstić information content (AvgIpc) is 1.86. The summed E-state index contributed by atoms with van der Waals surface area (Å²) in [5.41, 5.74) is -2.65. The Balaban J connectivity index is 4.87. The van der Waals surface area contributed by atoms with Gasteiger partial charge >= 0.3 is 11.9 Å². The zero-order chi connectivity index (χ0) is 9.99. The molecule has 1 atom stereocenters. The SMILES string of the molecule is CC=CC(C)(O)C(F)(F)C(=O)O. The lowest BCUT2D eigenvalue weighted by Gasteiger charge is -2.25. The molecule has 70 valence electrons. The summed E-state index contributed by atoms with van der Waals surface area (Å²) in [5, 5.41) is 17.1. The number of allylic oxidation sites excluding steroid dienone is 1. The number of aliphatic hydroxyl groups is 1. The van der Waals surface area contributed by atoms with Crippen LogP contribution in [0.2, 0.25) is 0 Å². The first-order chi connectivity index (χ1) is 5.25. The highest BCUT2D eigenvalue weighted by atomic mass is 19.3. The predicted octanol–water partition coefficient (Wildman–Crippen LogP) is 1.03. The van der Waals surface area contributed by atoms with Crippen LogP contribution >= 0.6 is 0 Å². The van der Waals surface area contributed by atoms with Gasteiger partial charge in [0, 0.05) is 0 Å². The van der Waals surface area contributed by atoms with Crippen molar-refractivity contribution >= 4 is 5.97 Å². The third-order valence-corrected chi connectivity index (χ3v) is 1.40. The average molecular weight is 180 g/mol. The molecule has 0 aliphatic heterocycles. The van der Waals surface area contributed by atoms with Crippen LogP contribution < -0.4 is 0 Å². The van der Waals surface area contributed by atoms with Gasteiger partial charge in [-0.25, -0.2) is 4.79 Å². The van der Waals surface area contributed by atoms with E-state index in [2.05, 4.69) is 0 Å². The van der Waals surface area contributed by atoms with Crippen LogP contribution in [0.15, 0.2) is 12.2 Å². The number of carboxylic acids is 1. The van der Waals surface area contributed by atoms with Crippen molar-refractivity contribution in [3.63, 3.8) is 0 Å². The van der Waals surface area contributed by atoms with Crippen LogP contribution in [-0.4, -0.2) is 27.7 Å². The van der Waals surface area contributed by atoms with Crippen molar-refractivity contribution in [3.05, 3.63) is 12.2 Å². The molecule has 12 heavy (non-hydrogen) atoms.